The highest BCUT2D eigenvalue weighted by atomic mass is 19.1. The van der Waals surface area contributed by atoms with Crippen LogP contribution in [-0.4, -0.2) is 29.8 Å². The molecule has 1 heterocycles. The summed E-state index contributed by atoms with van der Waals surface area (Å²) in [4.78, 5) is 26.3. The molecule has 3 rings (SSSR count). The second kappa shape index (κ2) is 7.51. The number of nitrogens with two attached hydrogens (primary N) is 1. The van der Waals surface area contributed by atoms with Gasteiger partial charge < -0.3 is 16.0 Å². The first-order chi connectivity index (χ1) is 12.5. The standard InChI is InChI=1S/C19H19F2N3O2/c20-13-5-6-14(15(21)11-13)19(26)24-9-7-12(8-10-24)18(25)23-17-4-2-1-3-16(17)22/h1-6,11-12H,7-10,22H2,(H,23,25). The third-order valence-electron chi connectivity index (χ3n) is 4.53. The Hall–Kier alpha value is -2.96. The number of hydrogen-bond donors (Lipinski definition) is 2. The molecule has 0 saturated carbocycles. The smallest absolute Gasteiger partial charge is 0.256 e. The average Bonchev–Trinajstić information content (AvgIpc) is 2.63. The van der Waals surface area contributed by atoms with Gasteiger partial charge in [-0.2, -0.15) is 0 Å². The Balaban J connectivity index is 1.59. The van der Waals surface area contributed by atoms with E-state index in [4.69, 9.17) is 5.73 Å². The zero-order chi connectivity index (χ0) is 18.7. The van der Waals surface area contributed by atoms with Gasteiger partial charge in [0.15, 0.2) is 0 Å². The molecule has 26 heavy (non-hydrogen) atoms. The van der Waals surface area contributed by atoms with Gasteiger partial charge >= 0.3 is 0 Å². The third-order valence-corrected chi connectivity index (χ3v) is 4.53. The van der Waals surface area contributed by atoms with E-state index in [1.807, 2.05) is 0 Å². The lowest BCUT2D eigenvalue weighted by atomic mass is 9.95. The van der Waals surface area contributed by atoms with E-state index in [1.165, 1.54) is 4.90 Å². The number of nitrogen functional groups attached to an aromatic ring is 1. The average molecular weight is 359 g/mol. The van der Waals surface area contributed by atoms with Gasteiger partial charge in [-0.25, -0.2) is 8.78 Å². The van der Waals surface area contributed by atoms with Crippen LogP contribution in [0.15, 0.2) is 42.5 Å². The van der Waals surface area contributed by atoms with E-state index < -0.39 is 17.5 Å². The van der Waals surface area contributed by atoms with Gasteiger partial charge in [0.25, 0.3) is 5.91 Å². The van der Waals surface area contributed by atoms with Crippen LogP contribution in [0, 0.1) is 17.6 Å². The molecule has 136 valence electrons. The molecule has 0 atom stereocenters. The Morgan fingerprint density at radius 2 is 1.77 bits per heavy atom. The number of para-hydroxylation sites is 2. The summed E-state index contributed by atoms with van der Waals surface area (Å²) >= 11 is 0. The number of carbonyl (C=O) groups is 2. The molecule has 1 fully saturated rings. The van der Waals surface area contributed by atoms with Crippen LogP contribution in [-0.2, 0) is 4.79 Å². The second-order valence-electron chi connectivity index (χ2n) is 6.27. The van der Waals surface area contributed by atoms with Crippen molar-refractivity contribution in [1.82, 2.24) is 4.90 Å². The summed E-state index contributed by atoms with van der Waals surface area (Å²) in [7, 11) is 0. The predicted molar refractivity (Wildman–Crippen MR) is 94.5 cm³/mol. The van der Waals surface area contributed by atoms with E-state index >= 15 is 0 Å². The van der Waals surface area contributed by atoms with Crippen molar-refractivity contribution in [3.05, 3.63) is 59.7 Å². The fraction of sp³-hybridized carbons (Fsp3) is 0.263. The summed E-state index contributed by atoms with van der Waals surface area (Å²) in [6.07, 6.45) is 0.931. The molecular weight excluding hydrogens is 340 g/mol. The van der Waals surface area contributed by atoms with Gasteiger partial charge in [-0.05, 0) is 37.1 Å². The summed E-state index contributed by atoms with van der Waals surface area (Å²) in [5.74, 6) is -2.50. The molecule has 3 N–H and O–H groups in total. The number of anilines is 2. The summed E-state index contributed by atoms with van der Waals surface area (Å²) < 4.78 is 26.8. The van der Waals surface area contributed by atoms with Crippen molar-refractivity contribution in [3.8, 4) is 0 Å². The molecule has 0 aromatic heterocycles. The minimum atomic E-state index is -0.880. The topological polar surface area (TPSA) is 75.4 Å². The number of nitrogens with zero attached hydrogens (tertiary/aromatic N) is 1. The molecule has 0 spiro atoms. The minimum absolute atomic E-state index is 0.150. The molecule has 0 radical (unpaired) electrons. The van der Waals surface area contributed by atoms with E-state index in [2.05, 4.69) is 5.32 Å². The van der Waals surface area contributed by atoms with Crippen molar-refractivity contribution in [2.24, 2.45) is 5.92 Å². The first kappa shape index (κ1) is 17.8. The molecule has 5 nitrogen and oxygen atoms in total. The molecule has 0 bridgehead atoms. The third kappa shape index (κ3) is 3.82. The molecule has 0 unspecified atom stereocenters. The van der Waals surface area contributed by atoms with Crippen LogP contribution < -0.4 is 11.1 Å². The Morgan fingerprint density at radius 1 is 1.08 bits per heavy atom. The van der Waals surface area contributed by atoms with Crippen LogP contribution in [0.1, 0.15) is 23.2 Å². The summed E-state index contributed by atoms with van der Waals surface area (Å²) in [5, 5.41) is 2.80. The van der Waals surface area contributed by atoms with Crippen LogP contribution in [0.25, 0.3) is 0 Å². The fourth-order valence-corrected chi connectivity index (χ4v) is 3.02. The van der Waals surface area contributed by atoms with E-state index in [-0.39, 0.29) is 17.4 Å². The molecular formula is C19H19F2N3O2. The number of likely N-dealkylation sites (tertiary alicyclic amines) is 1. The Morgan fingerprint density at radius 3 is 2.42 bits per heavy atom. The van der Waals surface area contributed by atoms with Crippen molar-refractivity contribution < 1.29 is 18.4 Å². The number of amides is 2. The van der Waals surface area contributed by atoms with Crippen molar-refractivity contribution in [2.45, 2.75) is 12.8 Å². The maximum atomic E-state index is 13.8. The van der Waals surface area contributed by atoms with Crippen LogP contribution in [0.3, 0.4) is 0 Å². The van der Waals surface area contributed by atoms with Gasteiger partial charge in [0.05, 0.1) is 16.9 Å². The quantitative estimate of drug-likeness (QED) is 0.827. The maximum absolute atomic E-state index is 13.8. The van der Waals surface area contributed by atoms with E-state index in [9.17, 15) is 18.4 Å². The van der Waals surface area contributed by atoms with E-state index in [0.717, 1.165) is 12.1 Å². The minimum Gasteiger partial charge on any atom is -0.397 e. The van der Waals surface area contributed by atoms with E-state index in [1.54, 1.807) is 24.3 Å². The zero-order valence-electron chi connectivity index (χ0n) is 14.0. The monoisotopic (exact) mass is 359 g/mol. The molecule has 0 aliphatic carbocycles. The molecule has 1 aliphatic rings. The largest absolute Gasteiger partial charge is 0.397 e. The first-order valence-corrected chi connectivity index (χ1v) is 8.35. The van der Waals surface area contributed by atoms with Crippen molar-refractivity contribution in [1.29, 1.82) is 0 Å². The Labute approximate surface area is 149 Å². The number of rotatable bonds is 3. The van der Waals surface area contributed by atoms with Gasteiger partial charge in [0, 0.05) is 25.1 Å². The lowest BCUT2D eigenvalue weighted by Gasteiger charge is -2.31. The number of halogens is 2. The molecule has 2 amide bonds. The Bertz CT molecular complexity index is 833. The molecule has 7 heteroatoms. The van der Waals surface area contributed by atoms with Crippen molar-refractivity contribution >= 4 is 23.2 Å². The maximum Gasteiger partial charge on any atom is 0.256 e. The summed E-state index contributed by atoms with van der Waals surface area (Å²) in [6.45, 7) is 0.663. The molecule has 1 saturated heterocycles. The lowest BCUT2D eigenvalue weighted by molar-refractivity contribution is -0.121. The SMILES string of the molecule is Nc1ccccc1NC(=O)C1CCN(C(=O)c2ccc(F)cc2F)CC1. The van der Waals surface area contributed by atoms with Gasteiger partial charge in [-0.15, -0.1) is 0 Å². The second-order valence-corrected chi connectivity index (χ2v) is 6.27. The van der Waals surface area contributed by atoms with Crippen LogP contribution in [0.2, 0.25) is 0 Å². The lowest BCUT2D eigenvalue weighted by Crippen LogP contribution is -2.41. The van der Waals surface area contributed by atoms with Crippen LogP contribution in [0.4, 0.5) is 20.2 Å². The number of nitrogens with one attached hydrogen (secondary N) is 1. The first-order valence-electron chi connectivity index (χ1n) is 8.35. The van der Waals surface area contributed by atoms with Crippen LogP contribution in [0.5, 0.6) is 0 Å². The highest BCUT2D eigenvalue weighted by Crippen LogP contribution is 2.23. The van der Waals surface area contributed by atoms with Crippen LogP contribution >= 0.6 is 0 Å². The van der Waals surface area contributed by atoms with Crippen molar-refractivity contribution in [2.75, 3.05) is 24.1 Å². The molecule has 2 aromatic rings. The molecule has 1 aliphatic heterocycles. The van der Waals surface area contributed by atoms with Gasteiger partial charge in [0.2, 0.25) is 5.91 Å². The number of carbonyl (C=O) groups excluding carboxylic acids is 2. The highest BCUT2D eigenvalue weighted by molar-refractivity contribution is 5.96. The summed E-state index contributed by atoms with van der Waals surface area (Å²) in [6, 6.07) is 9.88. The summed E-state index contributed by atoms with van der Waals surface area (Å²) in [5.41, 5.74) is 6.70. The van der Waals surface area contributed by atoms with Crippen molar-refractivity contribution in [3.63, 3.8) is 0 Å². The van der Waals surface area contributed by atoms with Gasteiger partial charge in [0.1, 0.15) is 11.6 Å². The normalized spacial score (nSPS) is 14.9. The number of hydrogen-bond acceptors (Lipinski definition) is 3. The fourth-order valence-electron chi connectivity index (χ4n) is 3.02. The van der Waals surface area contributed by atoms with Gasteiger partial charge in [-0.3, -0.25) is 9.59 Å². The molecule has 2 aromatic carbocycles. The number of piperidine rings is 1. The predicted octanol–water partition coefficient (Wildman–Crippen LogP) is 3.04. The zero-order valence-corrected chi connectivity index (χ0v) is 14.0. The Kier molecular flexibility index (Phi) is 5.16. The van der Waals surface area contributed by atoms with E-state index in [0.29, 0.717) is 43.4 Å². The number of benzene rings is 2. The highest BCUT2D eigenvalue weighted by Gasteiger charge is 2.29. The van der Waals surface area contributed by atoms with Gasteiger partial charge in [-0.1, -0.05) is 12.1 Å².